The molecule has 0 radical (unpaired) electrons. The van der Waals surface area contributed by atoms with Crippen LogP contribution < -0.4 is 0 Å². The fourth-order valence-corrected chi connectivity index (χ4v) is 3.26. The Morgan fingerprint density at radius 2 is 1.00 bits per heavy atom. The van der Waals surface area contributed by atoms with Gasteiger partial charge >= 0.3 is 12.4 Å². The maximum absolute atomic E-state index is 12.3. The van der Waals surface area contributed by atoms with Crippen LogP contribution in [0.15, 0.2) is 71.6 Å². The van der Waals surface area contributed by atoms with E-state index in [1.54, 1.807) is 0 Å². The summed E-state index contributed by atoms with van der Waals surface area (Å²) < 4.78 is 105. The zero-order chi connectivity index (χ0) is 25.0. The molecule has 0 amide bonds. The maximum atomic E-state index is 12.3. The lowest BCUT2D eigenvalue weighted by molar-refractivity contribution is -0.143. The van der Waals surface area contributed by atoms with E-state index in [4.69, 9.17) is 0 Å². The van der Waals surface area contributed by atoms with Gasteiger partial charge in [0.1, 0.15) is 10.1 Å². The van der Waals surface area contributed by atoms with Crippen LogP contribution in [0.25, 0.3) is 0 Å². The standard InChI is InChI=1S/C15H16.C8H4F6O3S/c1-12-3-7-14(8-4-12)11-15-9-5-13(2)6-10-15;9-7(10,11)4-1-5(8(12,13)14)3-6(2-4)18(15,16)17/h3-10H,11H2,1-2H3;1-3H,(H,15,16,17)/p-1. The summed E-state index contributed by atoms with van der Waals surface area (Å²) in [5, 5.41) is 0. The van der Waals surface area contributed by atoms with Gasteiger partial charge in [0.15, 0.2) is 0 Å². The van der Waals surface area contributed by atoms with Gasteiger partial charge in [0.05, 0.1) is 16.0 Å². The molecule has 0 unspecified atom stereocenters. The van der Waals surface area contributed by atoms with Gasteiger partial charge in [-0.2, -0.15) is 26.3 Å². The Kier molecular flexibility index (Phi) is 7.97. The van der Waals surface area contributed by atoms with Crippen molar-refractivity contribution in [2.75, 3.05) is 0 Å². The quantitative estimate of drug-likeness (QED) is 0.311. The van der Waals surface area contributed by atoms with Crippen molar-refractivity contribution in [2.45, 2.75) is 37.5 Å². The van der Waals surface area contributed by atoms with E-state index in [-0.39, 0.29) is 18.2 Å². The second-order valence-electron chi connectivity index (χ2n) is 7.34. The van der Waals surface area contributed by atoms with Crippen LogP contribution in [0.2, 0.25) is 0 Å². The monoisotopic (exact) mass is 489 g/mol. The molecule has 0 saturated carbocycles. The molecule has 0 aromatic heterocycles. The van der Waals surface area contributed by atoms with Gasteiger partial charge in [-0.25, -0.2) is 8.42 Å². The zero-order valence-corrected chi connectivity index (χ0v) is 18.3. The minimum Gasteiger partial charge on any atom is -0.744 e. The minimum atomic E-state index is -5.42. The number of hydrogen-bond acceptors (Lipinski definition) is 3. The van der Waals surface area contributed by atoms with Gasteiger partial charge in [-0.3, -0.25) is 0 Å². The molecule has 0 bridgehead atoms. The van der Waals surface area contributed by atoms with Crippen LogP contribution in [0.3, 0.4) is 0 Å². The maximum Gasteiger partial charge on any atom is 0.416 e. The summed E-state index contributed by atoms with van der Waals surface area (Å²) in [5.74, 6) is 0. The molecule has 0 spiro atoms. The third-order valence-corrected chi connectivity index (χ3v) is 5.31. The third kappa shape index (κ3) is 8.21. The lowest BCUT2D eigenvalue weighted by atomic mass is 10.0. The average molecular weight is 489 g/mol. The van der Waals surface area contributed by atoms with E-state index < -0.39 is 38.5 Å². The molecule has 3 rings (SSSR count). The second kappa shape index (κ2) is 9.96. The third-order valence-electron chi connectivity index (χ3n) is 4.50. The average Bonchev–Trinajstić information content (AvgIpc) is 2.70. The predicted molar refractivity (Wildman–Crippen MR) is 110 cm³/mol. The first kappa shape index (κ1) is 26.4. The van der Waals surface area contributed by atoms with E-state index in [0.29, 0.717) is 0 Å². The van der Waals surface area contributed by atoms with Crippen molar-refractivity contribution in [3.05, 3.63) is 100 Å². The Bertz CT molecular complexity index is 1110. The first-order valence-corrected chi connectivity index (χ1v) is 10.8. The summed E-state index contributed by atoms with van der Waals surface area (Å²) in [5.41, 5.74) is 1.69. The molecule has 0 N–H and O–H groups in total. The predicted octanol–water partition coefficient (Wildman–Crippen LogP) is 6.52. The fraction of sp³-hybridized carbons (Fsp3) is 0.217. The first-order valence-electron chi connectivity index (χ1n) is 9.42. The van der Waals surface area contributed by atoms with E-state index in [1.807, 2.05) is 0 Å². The summed E-state index contributed by atoms with van der Waals surface area (Å²) in [7, 11) is -5.42. The van der Waals surface area contributed by atoms with Crippen LogP contribution in [0.5, 0.6) is 0 Å². The molecule has 0 atom stereocenters. The Labute approximate surface area is 187 Å². The molecule has 0 aliphatic rings. The molecule has 0 aliphatic heterocycles. The SMILES string of the molecule is Cc1ccc(Cc2ccc(C)cc2)cc1.O=S(=O)([O-])c1cc(C(F)(F)F)cc(C(F)(F)F)c1. The number of aryl methyl sites for hydroxylation is 2. The van der Waals surface area contributed by atoms with Gasteiger partial charge < -0.3 is 4.55 Å². The van der Waals surface area contributed by atoms with Gasteiger partial charge in [0.25, 0.3) is 0 Å². The zero-order valence-electron chi connectivity index (χ0n) is 17.5. The van der Waals surface area contributed by atoms with Gasteiger partial charge in [-0.05, 0) is 49.6 Å². The Morgan fingerprint density at radius 1 is 0.667 bits per heavy atom. The molecule has 10 heteroatoms. The highest BCUT2D eigenvalue weighted by Crippen LogP contribution is 2.37. The van der Waals surface area contributed by atoms with Crippen LogP contribution in [0.1, 0.15) is 33.4 Å². The molecule has 0 saturated heterocycles. The van der Waals surface area contributed by atoms with E-state index in [9.17, 15) is 39.3 Å². The summed E-state index contributed by atoms with van der Waals surface area (Å²) in [6.07, 6.45) is -9.36. The molecule has 0 fully saturated rings. The molecule has 33 heavy (non-hydrogen) atoms. The van der Waals surface area contributed by atoms with Crippen LogP contribution in [-0.2, 0) is 28.9 Å². The van der Waals surface area contributed by atoms with Gasteiger partial charge in [0, 0.05) is 0 Å². The van der Waals surface area contributed by atoms with Crippen molar-refractivity contribution in [1.82, 2.24) is 0 Å². The van der Waals surface area contributed by atoms with Crippen LogP contribution >= 0.6 is 0 Å². The number of hydrogen-bond donors (Lipinski definition) is 0. The van der Waals surface area contributed by atoms with Gasteiger partial charge in [-0.15, -0.1) is 0 Å². The Hall–Kier alpha value is -2.85. The topological polar surface area (TPSA) is 57.2 Å². The van der Waals surface area contributed by atoms with E-state index >= 15 is 0 Å². The largest absolute Gasteiger partial charge is 0.744 e. The molecule has 3 aromatic rings. The molecular weight excluding hydrogens is 470 g/mol. The Morgan fingerprint density at radius 3 is 1.27 bits per heavy atom. The van der Waals surface area contributed by atoms with Crippen molar-refractivity contribution in [3.63, 3.8) is 0 Å². The van der Waals surface area contributed by atoms with Crippen LogP contribution in [0.4, 0.5) is 26.3 Å². The minimum absolute atomic E-state index is 0.141. The van der Waals surface area contributed by atoms with Crippen LogP contribution in [0, 0.1) is 13.8 Å². The lowest BCUT2D eigenvalue weighted by Crippen LogP contribution is -2.13. The highest BCUT2D eigenvalue weighted by Gasteiger charge is 2.37. The van der Waals surface area contributed by atoms with Crippen LogP contribution in [-0.4, -0.2) is 13.0 Å². The van der Waals surface area contributed by atoms with Gasteiger partial charge in [-0.1, -0.05) is 59.7 Å². The van der Waals surface area contributed by atoms with Crippen molar-refractivity contribution >= 4 is 10.1 Å². The smallest absolute Gasteiger partial charge is 0.416 e. The fourth-order valence-electron chi connectivity index (χ4n) is 2.72. The van der Waals surface area contributed by atoms with Crippen molar-refractivity contribution in [2.24, 2.45) is 0 Å². The second-order valence-corrected chi connectivity index (χ2v) is 8.72. The molecule has 0 aliphatic carbocycles. The summed E-state index contributed by atoms with van der Waals surface area (Å²) in [4.78, 5) is -1.58. The number of benzene rings is 3. The highest BCUT2D eigenvalue weighted by atomic mass is 32.2. The summed E-state index contributed by atoms with van der Waals surface area (Å²) >= 11 is 0. The summed E-state index contributed by atoms with van der Waals surface area (Å²) in [6, 6.07) is 16.9. The molecule has 178 valence electrons. The van der Waals surface area contributed by atoms with Crippen molar-refractivity contribution < 1.29 is 39.3 Å². The lowest BCUT2D eigenvalue weighted by Gasteiger charge is -2.15. The van der Waals surface area contributed by atoms with E-state index in [2.05, 4.69) is 62.4 Å². The van der Waals surface area contributed by atoms with Crippen molar-refractivity contribution in [3.8, 4) is 0 Å². The van der Waals surface area contributed by atoms with E-state index in [1.165, 1.54) is 22.3 Å². The van der Waals surface area contributed by atoms with Gasteiger partial charge in [0.2, 0.25) is 0 Å². The number of rotatable bonds is 3. The van der Waals surface area contributed by atoms with Crippen molar-refractivity contribution in [1.29, 1.82) is 0 Å². The normalized spacial score (nSPS) is 12.2. The number of halogens is 6. The molecule has 0 heterocycles. The number of alkyl halides is 6. The summed E-state index contributed by atoms with van der Waals surface area (Å²) in [6.45, 7) is 4.24. The molecular formula is C23H19F6O3S-. The molecule has 3 aromatic carbocycles. The first-order chi connectivity index (χ1) is 15.1. The highest BCUT2D eigenvalue weighted by molar-refractivity contribution is 7.85. The van der Waals surface area contributed by atoms with E-state index in [0.717, 1.165) is 6.42 Å². The Balaban J connectivity index is 0.000000237. The molecule has 3 nitrogen and oxygen atoms in total.